The summed E-state index contributed by atoms with van der Waals surface area (Å²) in [5.41, 5.74) is 6.58. The highest BCUT2D eigenvalue weighted by molar-refractivity contribution is 6.03. The summed E-state index contributed by atoms with van der Waals surface area (Å²) >= 11 is 0. The van der Waals surface area contributed by atoms with Crippen LogP contribution in [0.5, 0.6) is 0 Å². The SMILES string of the molecule is CCCC(N)C(=O)Nc1cccc2cnccc12. The lowest BCUT2D eigenvalue weighted by Crippen LogP contribution is -2.35. The Morgan fingerprint density at radius 2 is 2.28 bits per heavy atom. The van der Waals surface area contributed by atoms with Gasteiger partial charge in [0, 0.05) is 28.9 Å². The molecular weight excluding hydrogens is 226 g/mol. The Kier molecular flexibility index (Phi) is 3.89. The minimum absolute atomic E-state index is 0.138. The first-order chi connectivity index (χ1) is 8.72. The molecule has 1 aromatic heterocycles. The van der Waals surface area contributed by atoms with Crippen LogP contribution in [0.1, 0.15) is 19.8 Å². The maximum Gasteiger partial charge on any atom is 0.241 e. The van der Waals surface area contributed by atoms with Crippen LogP contribution in [0.3, 0.4) is 0 Å². The highest BCUT2D eigenvalue weighted by atomic mass is 16.2. The van der Waals surface area contributed by atoms with Gasteiger partial charge in [0.2, 0.25) is 5.91 Å². The van der Waals surface area contributed by atoms with Gasteiger partial charge in [0.25, 0.3) is 0 Å². The van der Waals surface area contributed by atoms with E-state index in [0.717, 1.165) is 22.9 Å². The Balaban J connectivity index is 2.24. The van der Waals surface area contributed by atoms with E-state index in [2.05, 4.69) is 10.3 Å². The minimum atomic E-state index is -0.452. The van der Waals surface area contributed by atoms with Crippen molar-refractivity contribution in [1.82, 2.24) is 4.98 Å². The molecule has 4 heteroatoms. The Bertz CT molecular complexity index is 548. The third-order valence-corrected chi connectivity index (χ3v) is 2.88. The summed E-state index contributed by atoms with van der Waals surface area (Å²) < 4.78 is 0. The lowest BCUT2D eigenvalue weighted by molar-refractivity contribution is -0.117. The number of fused-ring (bicyclic) bond motifs is 1. The monoisotopic (exact) mass is 243 g/mol. The lowest BCUT2D eigenvalue weighted by atomic mass is 10.1. The number of pyridine rings is 1. The van der Waals surface area contributed by atoms with Crippen LogP contribution in [0.15, 0.2) is 36.7 Å². The molecule has 0 saturated heterocycles. The third kappa shape index (κ3) is 2.65. The molecule has 1 heterocycles. The molecule has 0 radical (unpaired) electrons. The van der Waals surface area contributed by atoms with Crippen LogP contribution < -0.4 is 11.1 Å². The number of benzene rings is 1. The van der Waals surface area contributed by atoms with E-state index in [1.54, 1.807) is 12.4 Å². The first-order valence-corrected chi connectivity index (χ1v) is 6.11. The van der Waals surface area contributed by atoms with Crippen LogP contribution in [-0.2, 0) is 4.79 Å². The molecular formula is C14H17N3O. The summed E-state index contributed by atoms with van der Waals surface area (Å²) in [6.45, 7) is 2.01. The van der Waals surface area contributed by atoms with E-state index in [9.17, 15) is 4.79 Å². The van der Waals surface area contributed by atoms with Crippen molar-refractivity contribution in [3.8, 4) is 0 Å². The second kappa shape index (κ2) is 5.60. The molecule has 1 unspecified atom stereocenters. The molecule has 4 nitrogen and oxygen atoms in total. The molecule has 18 heavy (non-hydrogen) atoms. The molecule has 0 spiro atoms. The van der Waals surface area contributed by atoms with Crippen molar-refractivity contribution in [2.75, 3.05) is 5.32 Å². The molecule has 1 aromatic carbocycles. The van der Waals surface area contributed by atoms with Gasteiger partial charge in [0.1, 0.15) is 0 Å². The van der Waals surface area contributed by atoms with E-state index >= 15 is 0 Å². The molecule has 0 aliphatic carbocycles. The van der Waals surface area contributed by atoms with Crippen molar-refractivity contribution in [3.63, 3.8) is 0 Å². The Hall–Kier alpha value is -1.94. The van der Waals surface area contributed by atoms with Gasteiger partial charge in [0.15, 0.2) is 0 Å². The normalized spacial score (nSPS) is 12.3. The van der Waals surface area contributed by atoms with Gasteiger partial charge < -0.3 is 11.1 Å². The zero-order chi connectivity index (χ0) is 13.0. The van der Waals surface area contributed by atoms with Gasteiger partial charge in [-0.15, -0.1) is 0 Å². The Morgan fingerprint density at radius 3 is 3.06 bits per heavy atom. The molecule has 2 rings (SSSR count). The zero-order valence-corrected chi connectivity index (χ0v) is 10.4. The van der Waals surface area contributed by atoms with Crippen LogP contribution in [0.4, 0.5) is 5.69 Å². The van der Waals surface area contributed by atoms with Gasteiger partial charge in [-0.3, -0.25) is 9.78 Å². The second-order valence-corrected chi connectivity index (χ2v) is 4.29. The molecule has 0 bridgehead atoms. The lowest BCUT2D eigenvalue weighted by Gasteiger charge is -2.12. The smallest absolute Gasteiger partial charge is 0.241 e. The number of hydrogen-bond donors (Lipinski definition) is 2. The predicted octanol–water partition coefficient (Wildman–Crippen LogP) is 2.30. The van der Waals surface area contributed by atoms with E-state index in [4.69, 9.17) is 5.73 Å². The van der Waals surface area contributed by atoms with Crippen molar-refractivity contribution >= 4 is 22.4 Å². The summed E-state index contributed by atoms with van der Waals surface area (Å²) in [4.78, 5) is 16.0. The summed E-state index contributed by atoms with van der Waals surface area (Å²) in [5.74, 6) is -0.138. The fraction of sp³-hybridized carbons (Fsp3) is 0.286. The van der Waals surface area contributed by atoms with Crippen molar-refractivity contribution in [2.45, 2.75) is 25.8 Å². The topological polar surface area (TPSA) is 68.0 Å². The maximum absolute atomic E-state index is 11.9. The quantitative estimate of drug-likeness (QED) is 0.865. The molecule has 0 aliphatic rings. The number of rotatable bonds is 4. The molecule has 0 saturated carbocycles. The third-order valence-electron chi connectivity index (χ3n) is 2.88. The Labute approximate surface area is 106 Å². The van der Waals surface area contributed by atoms with Crippen molar-refractivity contribution < 1.29 is 4.79 Å². The van der Waals surface area contributed by atoms with Gasteiger partial charge in [-0.1, -0.05) is 25.5 Å². The molecule has 94 valence electrons. The van der Waals surface area contributed by atoms with Crippen LogP contribution in [-0.4, -0.2) is 16.9 Å². The number of hydrogen-bond acceptors (Lipinski definition) is 3. The van der Waals surface area contributed by atoms with E-state index in [1.807, 2.05) is 31.2 Å². The van der Waals surface area contributed by atoms with E-state index in [-0.39, 0.29) is 5.91 Å². The van der Waals surface area contributed by atoms with Gasteiger partial charge in [-0.05, 0) is 18.6 Å². The summed E-state index contributed by atoms with van der Waals surface area (Å²) in [6, 6.07) is 7.16. The fourth-order valence-corrected chi connectivity index (χ4v) is 1.90. The van der Waals surface area contributed by atoms with Crippen LogP contribution >= 0.6 is 0 Å². The molecule has 0 fully saturated rings. The molecule has 0 aliphatic heterocycles. The number of carbonyl (C=O) groups excluding carboxylic acids is 1. The van der Waals surface area contributed by atoms with E-state index in [1.165, 1.54) is 0 Å². The van der Waals surface area contributed by atoms with Crippen LogP contribution in [0.25, 0.3) is 10.8 Å². The number of nitrogens with zero attached hydrogens (tertiary/aromatic N) is 1. The van der Waals surface area contributed by atoms with Crippen LogP contribution in [0.2, 0.25) is 0 Å². The van der Waals surface area contributed by atoms with Crippen molar-refractivity contribution in [1.29, 1.82) is 0 Å². The molecule has 3 N–H and O–H groups in total. The molecule has 1 atom stereocenters. The first-order valence-electron chi connectivity index (χ1n) is 6.11. The fourth-order valence-electron chi connectivity index (χ4n) is 1.90. The molecule has 1 amide bonds. The number of anilines is 1. The molecule has 2 aromatic rings. The zero-order valence-electron chi connectivity index (χ0n) is 10.4. The van der Waals surface area contributed by atoms with Gasteiger partial charge >= 0.3 is 0 Å². The number of amides is 1. The number of aromatic nitrogens is 1. The van der Waals surface area contributed by atoms with Crippen molar-refractivity contribution in [2.24, 2.45) is 5.73 Å². The van der Waals surface area contributed by atoms with Gasteiger partial charge in [-0.25, -0.2) is 0 Å². The summed E-state index contributed by atoms with van der Waals surface area (Å²) in [5, 5.41) is 4.85. The first kappa shape index (κ1) is 12.5. The average Bonchev–Trinajstić information content (AvgIpc) is 2.39. The second-order valence-electron chi connectivity index (χ2n) is 4.29. The van der Waals surface area contributed by atoms with Gasteiger partial charge in [0.05, 0.1) is 6.04 Å². The number of nitrogens with two attached hydrogens (primary N) is 1. The van der Waals surface area contributed by atoms with Crippen molar-refractivity contribution in [3.05, 3.63) is 36.7 Å². The maximum atomic E-state index is 11.9. The standard InChI is InChI=1S/C14H17N3O/c1-2-4-12(15)14(18)17-13-6-3-5-10-9-16-8-7-11(10)13/h3,5-9,12H,2,4,15H2,1H3,(H,17,18). The summed E-state index contributed by atoms with van der Waals surface area (Å²) in [7, 11) is 0. The number of carbonyl (C=O) groups is 1. The van der Waals surface area contributed by atoms with E-state index < -0.39 is 6.04 Å². The summed E-state index contributed by atoms with van der Waals surface area (Å²) in [6.07, 6.45) is 5.08. The highest BCUT2D eigenvalue weighted by Gasteiger charge is 2.13. The van der Waals surface area contributed by atoms with E-state index in [0.29, 0.717) is 6.42 Å². The predicted molar refractivity (Wildman–Crippen MR) is 73.3 cm³/mol. The van der Waals surface area contributed by atoms with Crippen LogP contribution in [0, 0.1) is 0 Å². The Morgan fingerprint density at radius 1 is 1.44 bits per heavy atom. The van der Waals surface area contributed by atoms with Gasteiger partial charge in [-0.2, -0.15) is 0 Å². The minimum Gasteiger partial charge on any atom is -0.324 e. The largest absolute Gasteiger partial charge is 0.324 e. The highest BCUT2D eigenvalue weighted by Crippen LogP contribution is 2.22. The number of nitrogens with one attached hydrogen (secondary N) is 1. The average molecular weight is 243 g/mol.